The van der Waals surface area contributed by atoms with Crippen LogP contribution in [0.4, 0.5) is 4.79 Å². The predicted molar refractivity (Wildman–Crippen MR) is 126 cm³/mol. The molecule has 2 aromatic carbocycles. The van der Waals surface area contributed by atoms with Crippen molar-refractivity contribution in [3.8, 4) is 11.1 Å². The lowest BCUT2D eigenvalue weighted by Gasteiger charge is -2.34. The molecule has 0 atom stereocenters. The van der Waals surface area contributed by atoms with E-state index in [0.717, 1.165) is 63.8 Å². The van der Waals surface area contributed by atoms with Crippen molar-refractivity contribution in [3.05, 3.63) is 65.9 Å². The molecule has 3 aromatic rings. The minimum Gasteiger partial charge on any atom is -0.325 e. The van der Waals surface area contributed by atoms with Crippen LogP contribution in [-0.2, 0) is 6.42 Å². The highest BCUT2D eigenvalue weighted by Gasteiger charge is 2.27. The Hall–Kier alpha value is -2.88. The van der Waals surface area contributed by atoms with Gasteiger partial charge in [-0.25, -0.2) is 4.79 Å². The molecule has 160 valence electrons. The number of rotatable bonds is 3. The first-order valence-corrected chi connectivity index (χ1v) is 11.7. The molecule has 0 saturated carbocycles. The van der Waals surface area contributed by atoms with Gasteiger partial charge in [-0.15, -0.1) is 0 Å². The first kappa shape index (κ1) is 20.0. The second kappa shape index (κ2) is 8.70. The summed E-state index contributed by atoms with van der Waals surface area (Å²) in [6.07, 6.45) is 7.50. The molecule has 31 heavy (non-hydrogen) atoms. The van der Waals surface area contributed by atoms with E-state index in [-0.39, 0.29) is 6.03 Å². The number of hydrogen-bond acceptors (Lipinski definition) is 2. The Bertz CT molecular complexity index is 1060. The van der Waals surface area contributed by atoms with Gasteiger partial charge in [0.25, 0.3) is 0 Å². The van der Waals surface area contributed by atoms with E-state index in [1.165, 1.54) is 27.6 Å². The molecule has 2 saturated heterocycles. The fourth-order valence-corrected chi connectivity index (χ4v) is 5.19. The molecule has 0 spiro atoms. The average Bonchev–Trinajstić information content (AvgIpc) is 3.35. The molecule has 0 unspecified atom stereocenters. The van der Waals surface area contributed by atoms with Crippen molar-refractivity contribution in [1.82, 2.24) is 14.8 Å². The molecule has 0 radical (unpaired) electrons. The van der Waals surface area contributed by atoms with Crippen molar-refractivity contribution in [3.63, 3.8) is 0 Å². The lowest BCUT2D eigenvalue weighted by atomic mass is 9.89. The van der Waals surface area contributed by atoms with E-state index in [2.05, 4.69) is 59.3 Å². The van der Waals surface area contributed by atoms with Crippen LogP contribution in [0.5, 0.6) is 0 Å². The molecular formula is C27H31N3O. The lowest BCUT2D eigenvalue weighted by Crippen LogP contribution is -2.45. The Morgan fingerprint density at radius 1 is 0.935 bits per heavy atom. The highest BCUT2D eigenvalue weighted by molar-refractivity contribution is 5.88. The molecule has 2 amide bonds. The van der Waals surface area contributed by atoms with Crippen LogP contribution < -0.4 is 0 Å². The van der Waals surface area contributed by atoms with Gasteiger partial charge in [-0.2, -0.15) is 0 Å². The Labute approximate surface area is 184 Å². The van der Waals surface area contributed by atoms with Crippen LogP contribution in [0.15, 0.2) is 54.7 Å². The van der Waals surface area contributed by atoms with Gasteiger partial charge in [-0.05, 0) is 73.3 Å². The number of fused-ring (bicyclic) bond motifs is 1. The van der Waals surface area contributed by atoms with Gasteiger partial charge in [0, 0.05) is 37.8 Å². The van der Waals surface area contributed by atoms with Gasteiger partial charge < -0.3 is 9.80 Å². The van der Waals surface area contributed by atoms with Gasteiger partial charge in [0.15, 0.2) is 0 Å². The fraction of sp³-hybridized carbons (Fsp3) is 0.407. The summed E-state index contributed by atoms with van der Waals surface area (Å²) < 4.78 is 0. The quantitative estimate of drug-likeness (QED) is 0.554. The highest BCUT2D eigenvalue weighted by atomic mass is 16.2. The van der Waals surface area contributed by atoms with Crippen LogP contribution in [-0.4, -0.2) is 47.0 Å². The third kappa shape index (κ3) is 4.16. The summed E-state index contributed by atoms with van der Waals surface area (Å²) in [7, 11) is 0. The number of aromatic nitrogens is 1. The number of aryl methyl sites for hydroxylation is 1. The molecule has 2 aliphatic heterocycles. The first-order chi connectivity index (χ1) is 15.2. The Morgan fingerprint density at radius 3 is 2.39 bits per heavy atom. The van der Waals surface area contributed by atoms with Gasteiger partial charge in [0.1, 0.15) is 0 Å². The Kier molecular flexibility index (Phi) is 5.63. The zero-order valence-electron chi connectivity index (χ0n) is 18.4. The normalized spacial score (nSPS) is 17.5. The molecule has 0 N–H and O–H groups in total. The largest absolute Gasteiger partial charge is 0.325 e. The summed E-state index contributed by atoms with van der Waals surface area (Å²) in [5.74, 6) is 0.667. The van der Waals surface area contributed by atoms with Crippen LogP contribution in [0, 0.1) is 12.8 Å². The Balaban J connectivity index is 1.21. The minimum atomic E-state index is 0.264. The second-order valence-electron chi connectivity index (χ2n) is 9.12. The first-order valence-electron chi connectivity index (χ1n) is 11.7. The number of piperidine rings is 1. The van der Waals surface area contributed by atoms with Crippen LogP contribution in [0.3, 0.4) is 0 Å². The van der Waals surface area contributed by atoms with Crippen molar-refractivity contribution in [2.75, 3.05) is 26.2 Å². The number of hydrogen-bond donors (Lipinski definition) is 0. The van der Waals surface area contributed by atoms with Crippen LogP contribution in [0.25, 0.3) is 22.0 Å². The molecule has 4 nitrogen and oxygen atoms in total. The van der Waals surface area contributed by atoms with Crippen LogP contribution in [0.2, 0.25) is 0 Å². The third-order valence-electron chi connectivity index (χ3n) is 7.08. The molecule has 0 aliphatic carbocycles. The molecule has 0 bridgehead atoms. The molecular weight excluding hydrogens is 382 g/mol. The monoisotopic (exact) mass is 413 g/mol. The molecule has 1 aromatic heterocycles. The SMILES string of the molecule is Cc1c(-c2ccc(CC3CCN(C(=O)N4CCCC4)CC3)cc2)ccc2cccnc12. The summed E-state index contributed by atoms with van der Waals surface area (Å²) in [5.41, 5.74) is 6.22. The van der Waals surface area contributed by atoms with Gasteiger partial charge in [0.2, 0.25) is 0 Å². The van der Waals surface area contributed by atoms with Crippen LogP contribution >= 0.6 is 0 Å². The van der Waals surface area contributed by atoms with E-state index in [4.69, 9.17) is 0 Å². The third-order valence-corrected chi connectivity index (χ3v) is 7.08. The van der Waals surface area contributed by atoms with Gasteiger partial charge >= 0.3 is 6.03 Å². The summed E-state index contributed by atoms with van der Waals surface area (Å²) in [6, 6.07) is 17.8. The summed E-state index contributed by atoms with van der Waals surface area (Å²) in [4.78, 5) is 21.3. The molecule has 5 rings (SSSR count). The number of pyridine rings is 1. The van der Waals surface area contributed by atoms with Crippen molar-refractivity contribution >= 4 is 16.9 Å². The van der Waals surface area contributed by atoms with E-state index in [1.807, 2.05) is 17.2 Å². The zero-order valence-corrected chi connectivity index (χ0v) is 18.4. The minimum absolute atomic E-state index is 0.264. The van der Waals surface area contributed by atoms with Crippen molar-refractivity contribution in [2.24, 2.45) is 5.92 Å². The maximum Gasteiger partial charge on any atom is 0.319 e. The maximum absolute atomic E-state index is 12.6. The summed E-state index contributed by atoms with van der Waals surface area (Å²) in [6.45, 7) is 5.86. The van der Waals surface area contributed by atoms with E-state index >= 15 is 0 Å². The summed E-state index contributed by atoms with van der Waals surface area (Å²) in [5, 5.41) is 1.19. The highest BCUT2D eigenvalue weighted by Crippen LogP contribution is 2.30. The van der Waals surface area contributed by atoms with Gasteiger partial charge in [-0.1, -0.05) is 42.5 Å². The molecule has 4 heteroatoms. The fourth-order valence-electron chi connectivity index (χ4n) is 5.19. The van der Waals surface area contributed by atoms with Crippen molar-refractivity contribution in [1.29, 1.82) is 0 Å². The molecule has 3 heterocycles. The predicted octanol–water partition coefficient (Wildman–Crippen LogP) is 5.68. The van der Waals surface area contributed by atoms with E-state index in [1.54, 1.807) is 0 Å². The second-order valence-corrected chi connectivity index (χ2v) is 9.12. The number of benzene rings is 2. The van der Waals surface area contributed by atoms with E-state index in [9.17, 15) is 4.79 Å². The van der Waals surface area contributed by atoms with E-state index < -0.39 is 0 Å². The van der Waals surface area contributed by atoms with Crippen molar-refractivity contribution in [2.45, 2.75) is 39.0 Å². The maximum atomic E-state index is 12.6. The van der Waals surface area contributed by atoms with Gasteiger partial charge in [0.05, 0.1) is 5.52 Å². The average molecular weight is 414 g/mol. The Morgan fingerprint density at radius 2 is 1.65 bits per heavy atom. The number of amides is 2. The molecule has 2 fully saturated rings. The van der Waals surface area contributed by atoms with Crippen molar-refractivity contribution < 1.29 is 4.79 Å². The smallest absolute Gasteiger partial charge is 0.319 e. The summed E-state index contributed by atoms with van der Waals surface area (Å²) >= 11 is 0. The number of carbonyl (C=O) groups is 1. The van der Waals surface area contributed by atoms with Crippen LogP contribution in [0.1, 0.15) is 36.8 Å². The lowest BCUT2D eigenvalue weighted by molar-refractivity contribution is 0.140. The zero-order chi connectivity index (χ0) is 21.2. The molecule has 2 aliphatic rings. The topological polar surface area (TPSA) is 36.4 Å². The number of nitrogens with zero attached hydrogens (tertiary/aromatic N) is 3. The number of likely N-dealkylation sites (tertiary alicyclic amines) is 2. The standard InChI is InChI=1S/C27H31N3O/c1-20-25(11-10-24-5-4-14-28-26(20)24)23-8-6-21(7-9-23)19-22-12-17-30(18-13-22)27(31)29-15-2-3-16-29/h4-11,14,22H,2-3,12-13,15-19H2,1H3. The van der Waals surface area contributed by atoms with E-state index in [0.29, 0.717) is 5.92 Å². The van der Waals surface area contributed by atoms with Gasteiger partial charge in [-0.3, -0.25) is 4.98 Å². The number of urea groups is 1. The number of carbonyl (C=O) groups excluding carboxylic acids is 1.